The fourth-order valence-electron chi connectivity index (χ4n) is 1.58. The maximum atomic E-state index is 11.1. The SMILES string of the molecule is CCCNc1nc(NC(C)CCS(C)=O)c(Cl)cc1Cl. The number of anilines is 2. The van der Waals surface area contributed by atoms with E-state index in [2.05, 4.69) is 22.5 Å². The summed E-state index contributed by atoms with van der Waals surface area (Å²) < 4.78 is 11.1. The van der Waals surface area contributed by atoms with E-state index in [1.54, 1.807) is 12.3 Å². The summed E-state index contributed by atoms with van der Waals surface area (Å²) in [7, 11) is -0.789. The molecule has 4 nitrogen and oxygen atoms in total. The lowest BCUT2D eigenvalue weighted by atomic mass is 10.2. The molecule has 0 aromatic carbocycles. The molecule has 7 heteroatoms. The lowest BCUT2D eigenvalue weighted by Crippen LogP contribution is -2.19. The van der Waals surface area contributed by atoms with Crippen molar-refractivity contribution >= 4 is 45.6 Å². The smallest absolute Gasteiger partial charge is 0.147 e. The number of hydrogen-bond acceptors (Lipinski definition) is 4. The van der Waals surface area contributed by atoms with E-state index in [1.165, 1.54) is 0 Å². The van der Waals surface area contributed by atoms with Crippen molar-refractivity contribution in [3.05, 3.63) is 16.1 Å². The van der Waals surface area contributed by atoms with Crippen LogP contribution in [0.1, 0.15) is 26.7 Å². The summed E-state index contributed by atoms with van der Waals surface area (Å²) in [6, 6.07) is 1.82. The summed E-state index contributed by atoms with van der Waals surface area (Å²) in [5.74, 6) is 1.89. The topological polar surface area (TPSA) is 54.0 Å². The number of halogens is 2. The van der Waals surface area contributed by atoms with Gasteiger partial charge in [0.15, 0.2) is 0 Å². The van der Waals surface area contributed by atoms with Crippen LogP contribution in [0.5, 0.6) is 0 Å². The van der Waals surface area contributed by atoms with Gasteiger partial charge in [-0.3, -0.25) is 4.21 Å². The zero-order valence-electron chi connectivity index (χ0n) is 12.0. The van der Waals surface area contributed by atoms with E-state index in [9.17, 15) is 4.21 Å². The van der Waals surface area contributed by atoms with Gasteiger partial charge in [0.2, 0.25) is 0 Å². The average molecular weight is 338 g/mol. The van der Waals surface area contributed by atoms with Gasteiger partial charge in [-0.2, -0.15) is 0 Å². The molecule has 114 valence electrons. The molecule has 0 radical (unpaired) electrons. The number of aromatic nitrogens is 1. The summed E-state index contributed by atoms with van der Waals surface area (Å²) in [6.45, 7) is 4.89. The van der Waals surface area contributed by atoms with Crippen LogP contribution in [0.2, 0.25) is 10.0 Å². The first-order valence-corrected chi connectivity index (χ1v) is 9.08. The van der Waals surface area contributed by atoms with Gasteiger partial charge in [-0.15, -0.1) is 0 Å². The highest BCUT2D eigenvalue weighted by Gasteiger charge is 2.11. The summed E-state index contributed by atoms with van der Waals surface area (Å²) in [4.78, 5) is 4.41. The van der Waals surface area contributed by atoms with E-state index in [4.69, 9.17) is 23.2 Å². The molecule has 1 aromatic rings. The monoisotopic (exact) mass is 337 g/mol. The summed E-state index contributed by atoms with van der Waals surface area (Å²) in [5, 5.41) is 7.39. The molecule has 0 amide bonds. The molecular weight excluding hydrogens is 317 g/mol. The van der Waals surface area contributed by atoms with Gasteiger partial charge in [-0.25, -0.2) is 4.98 Å². The lowest BCUT2D eigenvalue weighted by Gasteiger charge is -2.16. The minimum Gasteiger partial charge on any atom is -0.369 e. The molecule has 0 spiro atoms. The van der Waals surface area contributed by atoms with Crippen LogP contribution < -0.4 is 10.6 Å². The predicted molar refractivity (Wildman–Crippen MR) is 89.7 cm³/mol. The highest BCUT2D eigenvalue weighted by Crippen LogP contribution is 2.29. The fraction of sp³-hybridized carbons (Fsp3) is 0.615. The molecule has 1 heterocycles. The van der Waals surface area contributed by atoms with E-state index in [0.717, 1.165) is 19.4 Å². The molecule has 0 fully saturated rings. The van der Waals surface area contributed by atoms with Crippen molar-refractivity contribution < 1.29 is 4.21 Å². The molecule has 0 aliphatic rings. The molecule has 0 saturated carbocycles. The summed E-state index contributed by atoms with van der Waals surface area (Å²) in [6.07, 6.45) is 3.48. The first-order chi connectivity index (χ1) is 9.43. The second-order valence-electron chi connectivity index (χ2n) is 4.69. The first kappa shape index (κ1) is 17.5. The molecular formula is C13H21Cl2N3OS. The third-order valence-corrected chi connectivity index (χ3v) is 4.08. The standard InChI is InChI=1S/C13H21Cl2N3OS/c1-4-6-16-12-10(14)8-11(15)13(18-12)17-9(2)5-7-20(3)19/h8-9H,4-7H2,1-3H3,(H2,16,17,18). The largest absolute Gasteiger partial charge is 0.369 e. The lowest BCUT2D eigenvalue weighted by molar-refractivity contribution is 0.678. The Morgan fingerprint density at radius 3 is 2.60 bits per heavy atom. The number of nitrogens with zero attached hydrogens (tertiary/aromatic N) is 1. The minimum absolute atomic E-state index is 0.143. The van der Waals surface area contributed by atoms with E-state index in [1.807, 2.05) is 6.92 Å². The number of rotatable bonds is 8. The van der Waals surface area contributed by atoms with Gasteiger partial charge < -0.3 is 10.6 Å². The first-order valence-electron chi connectivity index (χ1n) is 6.60. The van der Waals surface area contributed by atoms with Gasteiger partial charge in [0, 0.05) is 35.4 Å². The highest BCUT2D eigenvalue weighted by atomic mass is 35.5. The third-order valence-electron chi connectivity index (χ3n) is 2.69. The van der Waals surface area contributed by atoms with Gasteiger partial charge in [-0.05, 0) is 25.8 Å². The molecule has 0 bridgehead atoms. The number of nitrogens with one attached hydrogen (secondary N) is 2. The van der Waals surface area contributed by atoms with Crippen LogP contribution in [0.25, 0.3) is 0 Å². The van der Waals surface area contributed by atoms with Gasteiger partial charge >= 0.3 is 0 Å². The van der Waals surface area contributed by atoms with Crippen LogP contribution in [0.3, 0.4) is 0 Å². The quantitative estimate of drug-likeness (QED) is 0.757. The van der Waals surface area contributed by atoms with E-state index < -0.39 is 10.8 Å². The van der Waals surface area contributed by atoms with Crippen molar-refractivity contribution in [2.24, 2.45) is 0 Å². The van der Waals surface area contributed by atoms with Crippen molar-refractivity contribution in [3.63, 3.8) is 0 Å². The second-order valence-corrected chi connectivity index (χ2v) is 7.06. The van der Waals surface area contributed by atoms with Gasteiger partial charge in [-0.1, -0.05) is 30.1 Å². The Kier molecular flexibility index (Phi) is 7.62. The molecule has 0 aliphatic heterocycles. The number of pyridine rings is 1. The Labute approximate surface area is 133 Å². The van der Waals surface area contributed by atoms with Crippen molar-refractivity contribution in [1.82, 2.24) is 4.98 Å². The van der Waals surface area contributed by atoms with Crippen molar-refractivity contribution in [3.8, 4) is 0 Å². The molecule has 0 aliphatic carbocycles. The average Bonchev–Trinajstić information content (AvgIpc) is 2.38. The highest BCUT2D eigenvalue weighted by molar-refractivity contribution is 7.84. The zero-order valence-corrected chi connectivity index (χ0v) is 14.3. The molecule has 0 saturated heterocycles. The van der Waals surface area contributed by atoms with Gasteiger partial charge in [0.1, 0.15) is 11.6 Å². The normalized spacial score (nSPS) is 13.8. The Bertz CT molecular complexity index is 471. The fourth-order valence-corrected chi connectivity index (χ4v) is 2.75. The summed E-state index contributed by atoms with van der Waals surface area (Å²) in [5.41, 5.74) is 0. The molecule has 2 N–H and O–H groups in total. The second kappa shape index (κ2) is 8.70. The van der Waals surface area contributed by atoms with Crippen molar-refractivity contribution in [1.29, 1.82) is 0 Å². The third kappa shape index (κ3) is 5.85. The molecule has 1 aromatic heterocycles. The van der Waals surface area contributed by atoms with Gasteiger partial charge in [0.25, 0.3) is 0 Å². The van der Waals surface area contributed by atoms with Crippen LogP contribution >= 0.6 is 23.2 Å². The number of hydrogen-bond donors (Lipinski definition) is 2. The zero-order chi connectivity index (χ0) is 15.1. The van der Waals surface area contributed by atoms with Crippen molar-refractivity contribution in [2.75, 3.05) is 29.2 Å². The molecule has 20 heavy (non-hydrogen) atoms. The van der Waals surface area contributed by atoms with Crippen LogP contribution in [0, 0.1) is 0 Å². The van der Waals surface area contributed by atoms with E-state index in [-0.39, 0.29) is 6.04 Å². The predicted octanol–water partition coefficient (Wildman–Crippen LogP) is 3.78. The van der Waals surface area contributed by atoms with Gasteiger partial charge in [0.05, 0.1) is 10.0 Å². The molecule has 1 rings (SSSR count). The van der Waals surface area contributed by atoms with Crippen LogP contribution in [-0.2, 0) is 10.8 Å². The van der Waals surface area contributed by atoms with E-state index in [0.29, 0.717) is 27.4 Å². The van der Waals surface area contributed by atoms with Crippen LogP contribution in [-0.4, -0.2) is 33.8 Å². The minimum atomic E-state index is -0.789. The Morgan fingerprint density at radius 2 is 2.00 bits per heavy atom. The Hall–Kier alpha value is -0.520. The molecule has 2 unspecified atom stereocenters. The Balaban J connectivity index is 2.75. The maximum absolute atomic E-state index is 11.1. The van der Waals surface area contributed by atoms with Crippen molar-refractivity contribution in [2.45, 2.75) is 32.7 Å². The van der Waals surface area contributed by atoms with Crippen LogP contribution in [0.4, 0.5) is 11.6 Å². The van der Waals surface area contributed by atoms with E-state index >= 15 is 0 Å². The molecule has 2 atom stereocenters. The van der Waals surface area contributed by atoms with Crippen LogP contribution in [0.15, 0.2) is 6.07 Å². The summed E-state index contributed by atoms with van der Waals surface area (Å²) >= 11 is 12.2. The maximum Gasteiger partial charge on any atom is 0.147 e. The Morgan fingerprint density at radius 1 is 1.35 bits per heavy atom.